The Hall–Kier alpha value is -9.19. The number of rotatable bonds is 8. The van der Waals surface area contributed by atoms with Crippen LogP contribution >= 0.6 is 0 Å². The van der Waals surface area contributed by atoms with Gasteiger partial charge in [-0.1, -0.05) is 212 Å². The Morgan fingerprint density at radius 2 is 0.603 bits per heavy atom. The van der Waals surface area contributed by atoms with E-state index in [0.29, 0.717) is 17.6 Å². The van der Waals surface area contributed by atoms with Gasteiger partial charge in [0.2, 0.25) is 5.95 Å². The van der Waals surface area contributed by atoms with Gasteiger partial charge in [0.25, 0.3) is 0 Å². The summed E-state index contributed by atoms with van der Waals surface area (Å²) in [5, 5.41) is 4.54. The largest absolute Gasteiger partial charge is 0.309 e. The molecule has 5 nitrogen and oxygen atoms in total. The minimum absolute atomic E-state index is 0.563. The Morgan fingerprint density at radius 3 is 1.13 bits per heavy atom. The minimum Gasteiger partial charge on any atom is -0.309 e. The van der Waals surface area contributed by atoms with Gasteiger partial charge < -0.3 is 4.57 Å². The highest BCUT2D eigenvalue weighted by atomic mass is 15.2. The molecule has 0 aliphatic rings. The first-order valence-electron chi connectivity index (χ1n) is 23.0. The third kappa shape index (κ3) is 6.76. The molecule has 0 fully saturated rings. The Morgan fingerprint density at radius 1 is 0.235 bits per heavy atom. The second kappa shape index (κ2) is 16.4. The zero-order chi connectivity index (χ0) is 45.0. The molecular weight excluding hydrogens is 827 g/mol. The predicted octanol–water partition coefficient (Wildman–Crippen LogP) is 16.1. The highest BCUT2D eigenvalue weighted by Gasteiger charge is 2.22. The van der Waals surface area contributed by atoms with E-state index in [1.165, 1.54) is 27.6 Å². The molecule has 0 unspecified atom stereocenters. The van der Waals surface area contributed by atoms with E-state index in [1.54, 1.807) is 0 Å². The first kappa shape index (κ1) is 39.2. The maximum absolute atomic E-state index is 5.31. The summed E-state index contributed by atoms with van der Waals surface area (Å²) in [4.78, 5) is 15.7. The van der Waals surface area contributed by atoms with Gasteiger partial charge in [0.05, 0.1) is 27.8 Å². The molecule has 0 radical (unpaired) electrons. The standard InChI is InChI=1S/C63H41N5/c1-5-17-42(18-6-1)45-29-33-47(34-30-45)53-39-50(44-21-9-3-10-22-44)37-38-58(53)67-56-27-15-13-25-51(56)54-41-60-55(40-59(54)67)52-26-14-16-28-57(52)68(60)63-65-61(48-23-11-4-12-24-48)64-62(66-63)49-35-31-46(32-36-49)43-19-7-2-8-20-43/h1-41H. The van der Waals surface area contributed by atoms with Crippen molar-refractivity contribution in [3.8, 4) is 78.9 Å². The van der Waals surface area contributed by atoms with Crippen molar-refractivity contribution in [1.82, 2.24) is 24.1 Å². The fraction of sp³-hybridized carbons (Fsp3) is 0. The van der Waals surface area contributed by atoms with Gasteiger partial charge in [-0.2, -0.15) is 9.97 Å². The zero-order valence-corrected chi connectivity index (χ0v) is 36.9. The SMILES string of the molecule is c1ccc(-c2ccc(-c3nc(-c4ccccc4)nc(-n4c5ccccc5c5cc6c(cc54)c4ccccc4n6-c4ccc(-c5ccccc5)cc4-c4ccc(-c5ccccc5)cc4)n3)cc2)cc1. The topological polar surface area (TPSA) is 48.5 Å². The van der Waals surface area contributed by atoms with Crippen molar-refractivity contribution in [3.05, 3.63) is 249 Å². The normalized spacial score (nSPS) is 11.5. The average Bonchev–Trinajstić information content (AvgIpc) is 3.92. The monoisotopic (exact) mass is 867 g/mol. The van der Waals surface area contributed by atoms with Crippen molar-refractivity contribution >= 4 is 43.6 Å². The summed E-state index contributed by atoms with van der Waals surface area (Å²) in [6, 6.07) is 88.4. The van der Waals surface area contributed by atoms with Gasteiger partial charge >= 0.3 is 0 Å². The molecule has 3 aromatic heterocycles. The van der Waals surface area contributed by atoms with Gasteiger partial charge in [0.15, 0.2) is 11.6 Å². The third-order valence-corrected chi connectivity index (χ3v) is 13.2. The van der Waals surface area contributed by atoms with Crippen LogP contribution in [0.4, 0.5) is 0 Å². The third-order valence-electron chi connectivity index (χ3n) is 13.2. The molecule has 13 rings (SSSR count). The van der Waals surface area contributed by atoms with Crippen LogP contribution < -0.4 is 0 Å². The molecule has 3 heterocycles. The predicted molar refractivity (Wildman–Crippen MR) is 281 cm³/mol. The zero-order valence-electron chi connectivity index (χ0n) is 36.9. The van der Waals surface area contributed by atoms with E-state index in [9.17, 15) is 0 Å². The van der Waals surface area contributed by atoms with Crippen molar-refractivity contribution in [2.45, 2.75) is 0 Å². The van der Waals surface area contributed by atoms with E-state index < -0.39 is 0 Å². The van der Waals surface area contributed by atoms with Crippen LogP contribution in [0.25, 0.3) is 123 Å². The van der Waals surface area contributed by atoms with Crippen molar-refractivity contribution in [2.24, 2.45) is 0 Å². The van der Waals surface area contributed by atoms with Gasteiger partial charge in [-0.3, -0.25) is 4.57 Å². The summed E-state index contributed by atoms with van der Waals surface area (Å²) in [6.07, 6.45) is 0. The lowest BCUT2D eigenvalue weighted by Crippen LogP contribution is -2.06. The van der Waals surface area contributed by atoms with Gasteiger partial charge in [-0.15, -0.1) is 0 Å². The molecule has 0 spiro atoms. The van der Waals surface area contributed by atoms with Crippen molar-refractivity contribution in [2.75, 3.05) is 0 Å². The Balaban J connectivity index is 1.03. The lowest BCUT2D eigenvalue weighted by Gasteiger charge is -2.17. The summed E-state index contributed by atoms with van der Waals surface area (Å²) in [5.41, 5.74) is 16.6. The fourth-order valence-electron chi connectivity index (χ4n) is 9.90. The number of nitrogens with zero attached hydrogens (tertiary/aromatic N) is 5. The number of aromatic nitrogens is 5. The number of fused-ring (bicyclic) bond motifs is 6. The summed E-state index contributed by atoms with van der Waals surface area (Å²) in [7, 11) is 0. The molecule has 10 aromatic carbocycles. The van der Waals surface area contributed by atoms with E-state index in [2.05, 4.69) is 234 Å². The maximum atomic E-state index is 5.31. The fourth-order valence-corrected chi connectivity index (χ4v) is 9.90. The van der Waals surface area contributed by atoms with E-state index in [4.69, 9.17) is 15.0 Å². The van der Waals surface area contributed by atoms with Gasteiger partial charge in [0, 0.05) is 38.2 Å². The summed E-state index contributed by atoms with van der Waals surface area (Å²) >= 11 is 0. The van der Waals surface area contributed by atoms with E-state index in [-0.39, 0.29) is 0 Å². The van der Waals surface area contributed by atoms with E-state index in [0.717, 1.165) is 77.3 Å². The number of para-hydroxylation sites is 2. The van der Waals surface area contributed by atoms with Crippen molar-refractivity contribution in [1.29, 1.82) is 0 Å². The van der Waals surface area contributed by atoms with Crippen LogP contribution in [-0.2, 0) is 0 Å². The Labute approximate surface area is 393 Å². The lowest BCUT2D eigenvalue weighted by atomic mass is 9.95. The van der Waals surface area contributed by atoms with Crippen LogP contribution in [0.2, 0.25) is 0 Å². The van der Waals surface area contributed by atoms with Crippen LogP contribution in [0.5, 0.6) is 0 Å². The average molecular weight is 868 g/mol. The first-order valence-corrected chi connectivity index (χ1v) is 23.0. The Bertz CT molecular complexity index is 3970. The molecule has 0 aliphatic heterocycles. The van der Waals surface area contributed by atoms with Crippen LogP contribution in [0.15, 0.2) is 249 Å². The van der Waals surface area contributed by atoms with Crippen LogP contribution in [-0.4, -0.2) is 24.1 Å². The number of hydrogen-bond donors (Lipinski definition) is 0. The molecule has 0 aliphatic carbocycles. The van der Waals surface area contributed by atoms with Crippen LogP contribution in [0.1, 0.15) is 0 Å². The van der Waals surface area contributed by atoms with Crippen molar-refractivity contribution in [3.63, 3.8) is 0 Å². The summed E-state index contributed by atoms with van der Waals surface area (Å²) < 4.78 is 4.68. The molecule has 68 heavy (non-hydrogen) atoms. The molecule has 0 amide bonds. The van der Waals surface area contributed by atoms with Gasteiger partial charge in [-0.05, 0) is 75.3 Å². The van der Waals surface area contributed by atoms with Gasteiger partial charge in [-0.25, -0.2) is 4.98 Å². The smallest absolute Gasteiger partial charge is 0.238 e. The molecule has 0 saturated heterocycles. The summed E-state index contributed by atoms with van der Waals surface area (Å²) in [5.74, 6) is 1.79. The molecule has 318 valence electrons. The van der Waals surface area contributed by atoms with Crippen LogP contribution in [0.3, 0.4) is 0 Å². The molecular formula is C63H41N5. The molecule has 0 bridgehead atoms. The molecule has 5 heteroatoms. The second-order valence-corrected chi connectivity index (χ2v) is 17.2. The molecule has 0 atom stereocenters. The lowest BCUT2D eigenvalue weighted by molar-refractivity contribution is 0.954. The molecule has 13 aromatic rings. The highest BCUT2D eigenvalue weighted by Crippen LogP contribution is 2.42. The van der Waals surface area contributed by atoms with Gasteiger partial charge in [0.1, 0.15) is 0 Å². The quantitative estimate of drug-likeness (QED) is 0.153. The number of hydrogen-bond acceptors (Lipinski definition) is 3. The molecule has 0 saturated carbocycles. The Kier molecular flexibility index (Phi) is 9.43. The van der Waals surface area contributed by atoms with E-state index >= 15 is 0 Å². The first-order chi connectivity index (χ1) is 33.7. The molecule has 0 N–H and O–H groups in total. The number of benzene rings is 10. The van der Waals surface area contributed by atoms with E-state index in [1.807, 2.05) is 24.3 Å². The van der Waals surface area contributed by atoms with Crippen molar-refractivity contribution < 1.29 is 0 Å². The summed E-state index contributed by atoms with van der Waals surface area (Å²) in [6.45, 7) is 0. The maximum Gasteiger partial charge on any atom is 0.238 e. The highest BCUT2D eigenvalue weighted by molar-refractivity contribution is 6.19. The second-order valence-electron chi connectivity index (χ2n) is 17.2. The van der Waals surface area contributed by atoms with Crippen LogP contribution in [0, 0.1) is 0 Å². The minimum atomic E-state index is 0.563.